The van der Waals surface area contributed by atoms with Crippen LogP contribution in [0.1, 0.15) is 10.4 Å². The van der Waals surface area contributed by atoms with E-state index in [4.69, 9.17) is 5.11 Å². The second kappa shape index (κ2) is 5.31. The van der Waals surface area contributed by atoms with E-state index in [1.54, 1.807) is 0 Å². The maximum atomic E-state index is 13.6. The van der Waals surface area contributed by atoms with E-state index in [1.807, 2.05) is 0 Å². The number of nitrogens with zero attached hydrogens (tertiary/aromatic N) is 1. The van der Waals surface area contributed by atoms with Gasteiger partial charge in [-0.1, -0.05) is 0 Å². The number of carboxylic acid groups (broad SMARTS) is 1. The van der Waals surface area contributed by atoms with Crippen LogP contribution in [0.4, 0.5) is 20.3 Å². The minimum Gasteiger partial charge on any atom is -0.478 e. The van der Waals surface area contributed by atoms with Gasteiger partial charge in [-0.05, 0) is 34.1 Å². The Kier molecular flexibility index (Phi) is 3.75. The summed E-state index contributed by atoms with van der Waals surface area (Å²) in [5.74, 6) is -2.34. The summed E-state index contributed by atoms with van der Waals surface area (Å²) in [4.78, 5) is 14.6. The second-order valence-corrected chi connectivity index (χ2v) is 4.46. The molecule has 1 heterocycles. The second-order valence-electron chi connectivity index (χ2n) is 3.61. The molecule has 0 amide bonds. The maximum absolute atomic E-state index is 13.6. The Balaban J connectivity index is 2.33. The van der Waals surface area contributed by atoms with Gasteiger partial charge in [0.15, 0.2) is 0 Å². The highest BCUT2D eigenvalue weighted by molar-refractivity contribution is 9.10. The quantitative estimate of drug-likeness (QED) is 0.845. The maximum Gasteiger partial charge on any atom is 0.335 e. The predicted octanol–water partition coefficient (Wildman–Crippen LogP) is 3.56. The molecule has 0 unspecified atom stereocenters. The van der Waals surface area contributed by atoms with Gasteiger partial charge < -0.3 is 10.4 Å². The average molecular weight is 329 g/mol. The molecule has 98 valence electrons. The number of aromatic nitrogens is 1. The number of hydrogen-bond donors (Lipinski definition) is 2. The first-order valence-electron chi connectivity index (χ1n) is 5.08. The van der Waals surface area contributed by atoms with Crippen molar-refractivity contribution in [1.82, 2.24) is 4.98 Å². The van der Waals surface area contributed by atoms with Crippen LogP contribution in [0.3, 0.4) is 0 Å². The Morgan fingerprint density at radius 1 is 1.26 bits per heavy atom. The number of halogens is 3. The monoisotopic (exact) mass is 328 g/mol. The van der Waals surface area contributed by atoms with Crippen molar-refractivity contribution >= 4 is 33.4 Å². The van der Waals surface area contributed by atoms with Gasteiger partial charge in [-0.25, -0.2) is 18.6 Å². The SMILES string of the molecule is O=C(O)c1ccnc(Nc2cc(F)c(Br)cc2F)c1. The van der Waals surface area contributed by atoms with E-state index in [1.165, 1.54) is 18.3 Å². The van der Waals surface area contributed by atoms with E-state index in [0.717, 1.165) is 12.1 Å². The number of carbonyl (C=O) groups is 1. The minimum atomic E-state index is -1.13. The van der Waals surface area contributed by atoms with Crippen molar-refractivity contribution < 1.29 is 18.7 Å². The normalized spacial score (nSPS) is 10.3. The zero-order chi connectivity index (χ0) is 14.0. The third-order valence-corrected chi connectivity index (χ3v) is 2.89. The molecule has 0 aliphatic carbocycles. The molecule has 0 fully saturated rings. The van der Waals surface area contributed by atoms with Gasteiger partial charge in [0.25, 0.3) is 0 Å². The van der Waals surface area contributed by atoms with Crippen LogP contribution in [0, 0.1) is 11.6 Å². The molecule has 2 N–H and O–H groups in total. The lowest BCUT2D eigenvalue weighted by molar-refractivity contribution is 0.0697. The molecule has 2 aromatic rings. The number of nitrogens with one attached hydrogen (secondary N) is 1. The zero-order valence-electron chi connectivity index (χ0n) is 9.32. The Bertz CT molecular complexity index is 650. The first kappa shape index (κ1) is 13.4. The fourth-order valence-corrected chi connectivity index (χ4v) is 1.70. The highest BCUT2D eigenvalue weighted by Gasteiger charge is 2.10. The largest absolute Gasteiger partial charge is 0.478 e. The molecule has 0 saturated carbocycles. The Labute approximate surface area is 115 Å². The summed E-state index contributed by atoms with van der Waals surface area (Å²) in [6, 6.07) is 4.45. The van der Waals surface area contributed by atoms with E-state index in [2.05, 4.69) is 26.2 Å². The third-order valence-electron chi connectivity index (χ3n) is 2.28. The van der Waals surface area contributed by atoms with Crippen molar-refractivity contribution in [2.75, 3.05) is 5.32 Å². The molecule has 0 saturated heterocycles. The molecule has 4 nitrogen and oxygen atoms in total. The van der Waals surface area contributed by atoms with Crippen LogP contribution in [0.5, 0.6) is 0 Å². The lowest BCUT2D eigenvalue weighted by atomic mass is 10.2. The van der Waals surface area contributed by atoms with Crippen molar-refractivity contribution in [3.05, 3.63) is 52.1 Å². The summed E-state index contributed by atoms with van der Waals surface area (Å²) in [7, 11) is 0. The number of aromatic carboxylic acids is 1. The van der Waals surface area contributed by atoms with Gasteiger partial charge in [-0.3, -0.25) is 0 Å². The van der Waals surface area contributed by atoms with Crippen LogP contribution in [-0.4, -0.2) is 16.1 Å². The minimum absolute atomic E-state index is 0.00259. The van der Waals surface area contributed by atoms with Crippen LogP contribution in [0.15, 0.2) is 34.9 Å². The van der Waals surface area contributed by atoms with Crippen LogP contribution in [0.2, 0.25) is 0 Å². The van der Waals surface area contributed by atoms with Gasteiger partial charge in [-0.15, -0.1) is 0 Å². The summed E-state index contributed by atoms with van der Waals surface area (Å²) in [6.45, 7) is 0. The van der Waals surface area contributed by atoms with Crippen molar-refractivity contribution in [2.24, 2.45) is 0 Å². The molecule has 0 spiro atoms. The summed E-state index contributed by atoms with van der Waals surface area (Å²) in [5, 5.41) is 11.3. The van der Waals surface area contributed by atoms with Crippen LogP contribution in [-0.2, 0) is 0 Å². The molecular weight excluding hydrogens is 322 g/mol. The third kappa shape index (κ3) is 3.05. The lowest BCUT2D eigenvalue weighted by Crippen LogP contribution is -2.01. The van der Waals surface area contributed by atoms with E-state index < -0.39 is 17.6 Å². The van der Waals surface area contributed by atoms with E-state index >= 15 is 0 Å². The van der Waals surface area contributed by atoms with Crippen molar-refractivity contribution in [3.63, 3.8) is 0 Å². The van der Waals surface area contributed by atoms with E-state index in [0.29, 0.717) is 0 Å². The molecule has 2 rings (SSSR count). The van der Waals surface area contributed by atoms with Gasteiger partial charge in [0, 0.05) is 12.3 Å². The van der Waals surface area contributed by atoms with Crippen molar-refractivity contribution in [2.45, 2.75) is 0 Å². The summed E-state index contributed by atoms with van der Waals surface area (Å²) in [6.07, 6.45) is 1.26. The Morgan fingerprint density at radius 3 is 2.68 bits per heavy atom. The fourth-order valence-electron chi connectivity index (χ4n) is 1.39. The number of rotatable bonds is 3. The van der Waals surface area contributed by atoms with Gasteiger partial charge >= 0.3 is 5.97 Å². The van der Waals surface area contributed by atoms with Crippen LogP contribution >= 0.6 is 15.9 Å². The molecule has 0 aliphatic rings. The molecular formula is C12H7BrF2N2O2. The molecule has 0 radical (unpaired) electrons. The summed E-state index contributed by atoms with van der Waals surface area (Å²) in [5.41, 5.74) is -0.133. The first-order chi connectivity index (χ1) is 8.97. The zero-order valence-corrected chi connectivity index (χ0v) is 10.9. The number of anilines is 2. The summed E-state index contributed by atoms with van der Waals surface area (Å²) < 4.78 is 26.9. The fraction of sp³-hybridized carbons (Fsp3) is 0. The molecule has 0 aliphatic heterocycles. The smallest absolute Gasteiger partial charge is 0.335 e. The van der Waals surface area contributed by atoms with Crippen LogP contribution < -0.4 is 5.32 Å². The van der Waals surface area contributed by atoms with E-state index in [-0.39, 0.29) is 21.5 Å². The number of hydrogen-bond acceptors (Lipinski definition) is 3. The molecule has 19 heavy (non-hydrogen) atoms. The van der Waals surface area contributed by atoms with Gasteiger partial charge in [0.1, 0.15) is 17.5 Å². The van der Waals surface area contributed by atoms with Crippen LogP contribution in [0.25, 0.3) is 0 Å². The molecule has 7 heteroatoms. The molecule has 0 atom stereocenters. The average Bonchev–Trinajstić information content (AvgIpc) is 2.36. The molecule has 1 aromatic heterocycles. The van der Waals surface area contributed by atoms with Crippen molar-refractivity contribution in [1.29, 1.82) is 0 Å². The van der Waals surface area contributed by atoms with Crippen molar-refractivity contribution in [3.8, 4) is 0 Å². The number of carboxylic acids is 1. The predicted molar refractivity (Wildman–Crippen MR) is 68.5 cm³/mol. The van der Waals surface area contributed by atoms with Gasteiger partial charge in [0.2, 0.25) is 0 Å². The van der Waals surface area contributed by atoms with E-state index in [9.17, 15) is 13.6 Å². The summed E-state index contributed by atoms with van der Waals surface area (Å²) >= 11 is 2.86. The lowest BCUT2D eigenvalue weighted by Gasteiger charge is -2.08. The topological polar surface area (TPSA) is 62.2 Å². The Morgan fingerprint density at radius 2 is 2.00 bits per heavy atom. The number of benzene rings is 1. The Hall–Kier alpha value is -2.02. The first-order valence-corrected chi connectivity index (χ1v) is 5.87. The standard InChI is InChI=1S/C12H7BrF2N2O2/c13-7-4-9(15)10(5-8(7)14)17-11-3-6(12(18)19)1-2-16-11/h1-5H,(H,16,17)(H,18,19). The number of pyridine rings is 1. The van der Waals surface area contributed by atoms with Gasteiger partial charge in [-0.2, -0.15) is 0 Å². The molecule has 1 aromatic carbocycles. The molecule has 0 bridgehead atoms. The highest BCUT2D eigenvalue weighted by Crippen LogP contribution is 2.25. The highest BCUT2D eigenvalue weighted by atomic mass is 79.9. The van der Waals surface area contributed by atoms with Gasteiger partial charge in [0.05, 0.1) is 15.7 Å².